The van der Waals surface area contributed by atoms with Gasteiger partial charge in [-0.25, -0.2) is 4.99 Å². The molecule has 0 amide bonds. The fraction of sp³-hybridized carbons (Fsp3) is 0.450. The average Bonchev–Trinajstić information content (AvgIpc) is 3.49. The second-order valence-corrected chi connectivity index (χ2v) is 5.39. The number of ether oxygens (including phenoxy) is 2. The van der Waals surface area contributed by atoms with Crippen LogP contribution in [0.1, 0.15) is 39.3 Å². The molecule has 3 rings (SSSR count). The van der Waals surface area contributed by atoms with E-state index in [1.54, 1.807) is 25.7 Å². The Morgan fingerprint density at radius 2 is 1.92 bits per heavy atom. The molecule has 2 aromatic heterocycles. The molecule has 2 aromatic rings. The molecule has 1 aliphatic carbocycles. The monoisotopic (exact) mass is 343 g/mol. The van der Waals surface area contributed by atoms with E-state index < -0.39 is 0 Å². The molecule has 0 atom stereocenters. The zero-order valence-corrected chi connectivity index (χ0v) is 15.9. The fourth-order valence-electron chi connectivity index (χ4n) is 1.79. The first kappa shape index (κ1) is 20.6. The number of aliphatic imine (C=N–C) groups is 1. The van der Waals surface area contributed by atoms with Crippen LogP contribution in [-0.2, 0) is 4.74 Å². The van der Waals surface area contributed by atoms with E-state index in [2.05, 4.69) is 15.0 Å². The molecular formula is C20H29N3O2. The molecule has 25 heavy (non-hydrogen) atoms. The number of nitrogens with zero attached hydrogens (tertiary/aromatic N) is 3. The Labute approximate surface area is 151 Å². The summed E-state index contributed by atoms with van der Waals surface area (Å²) in [5.41, 5.74) is 1.83. The molecule has 0 aromatic carbocycles. The van der Waals surface area contributed by atoms with Crippen LogP contribution < -0.4 is 4.74 Å². The lowest BCUT2D eigenvalue weighted by atomic mass is 10.3. The van der Waals surface area contributed by atoms with Gasteiger partial charge in [0.25, 0.3) is 0 Å². The van der Waals surface area contributed by atoms with Crippen LogP contribution in [0.25, 0.3) is 0 Å². The van der Waals surface area contributed by atoms with E-state index in [1.165, 1.54) is 12.8 Å². The highest BCUT2D eigenvalue weighted by atomic mass is 16.5. The summed E-state index contributed by atoms with van der Waals surface area (Å²) in [6, 6.07) is 7.53. The molecule has 136 valence electrons. The lowest BCUT2D eigenvalue weighted by Crippen LogP contribution is -2.02. The Morgan fingerprint density at radius 3 is 2.44 bits per heavy atom. The van der Waals surface area contributed by atoms with Gasteiger partial charge in [0.1, 0.15) is 5.75 Å². The van der Waals surface area contributed by atoms with Crippen LogP contribution in [0.3, 0.4) is 0 Å². The molecule has 1 saturated carbocycles. The molecule has 1 aliphatic rings. The zero-order chi connectivity index (χ0) is 18.5. The maximum atomic E-state index is 5.55. The Morgan fingerprint density at radius 1 is 1.20 bits per heavy atom. The van der Waals surface area contributed by atoms with Crippen molar-refractivity contribution in [2.24, 2.45) is 10.9 Å². The molecule has 2 heterocycles. The first-order valence-electron chi connectivity index (χ1n) is 8.72. The van der Waals surface area contributed by atoms with E-state index in [0.29, 0.717) is 0 Å². The highest BCUT2D eigenvalue weighted by Crippen LogP contribution is 2.29. The summed E-state index contributed by atoms with van der Waals surface area (Å²) in [5.74, 6) is 2.30. The molecule has 0 unspecified atom stereocenters. The molecular weight excluding hydrogens is 314 g/mol. The highest BCUT2D eigenvalue weighted by molar-refractivity contribution is 5.77. The summed E-state index contributed by atoms with van der Waals surface area (Å²) in [7, 11) is 1.62. The molecule has 0 saturated heterocycles. The molecule has 0 N–H and O–H groups in total. The van der Waals surface area contributed by atoms with E-state index in [1.807, 2.05) is 52.0 Å². The van der Waals surface area contributed by atoms with E-state index in [9.17, 15) is 0 Å². The lowest BCUT2D eigenvalue weighted by Gasteiger charge is -2.04. The largest absolute Gasteiger partial charge is 0.495 e. The van der Waals surface area contributed by atoms with Gasteiger partial charge in [0.15, 0.2) is 5.90 Å². The Balaban J connectivity index is 0.000000264. The summed E-state index contributed by atoms with van der Waals surface area (Å²) >= 11 is 0. The predicted molar refractivity (Wildman–Crippen MR) is 103 cm³/mol. The van der Waals surface area contributed by atoms with Gasteiger partial charge in [-0.05, 0) is 49.9 Å². The third-order valence-electron chi connectivity index (χ3n) is 3.35. The van der Waals surface area contributed by atoms with E-state index in [4.69, 9.17) is 9.47 Å². The first-order chi connectivity index (χ1) is 12.2. The number of pyridine rings is 2. The molecule has 0 bridgehead atoms. The van der Waals surface area contributed by atoms with Gasteiger partial charge in [0.2, 0.25) is 0 Å². The van der Waals surface area contributed by atoms with E-state index in [-0.39, 0.29) is 0 Å². The Bertz CT molecular complexity index is 626. The molecule has 5 heteroatoms. The molecule has 0 radical (unpaired) electrons. The summed E-state index contributed by atoms with van der Waals surface area (Å²) in [6.07, 6.45) is 7.76. The van der Waals surface area contributed by atoms with Gasteiger partial charge in [-0.15, -0.1) is 0 Å². The second-order valence-electron chi connectivity index (χ2n) is 5.39. The minimum atomic E-state index is 0.734. The van der Waals surface area contributed by atoms with Crippen molar-refractivity contribution in [3.63, 3.8) is 0 Å². The van der Waals surface area contributed by atoms with Crippen molar-refractivity contribution in [3.05, 3.63) is 48.5 Å². The number of hydrogen-bond donors (Lipinski definition) is 0. The minimum Gasteiger partial charge on any atom is -0.495 e. The highest BCUT2D eigenvalue weighted by Gasteiger charge is 2.21. The number of methoxy groups -OCH3 is 1. The van der Waals surface area contributed by atoms with Crippen LogP contribution in [0, 0.1) is 12.8 Å². The van der Waals surface area contributed by atoms with Crippen molar-refractivity contribution in [2.45, 2.75) is 40.5 Å². The van der Waals surface area contributed by atoms with Gasteiger partial charge in [0, 0.05) is 19.3 Å². The van der Waals surface area contributed by atoms with Crippen molar-refractivity contribution in [2.75, 3.05) is 13.7 Å². The molecule has 1 fully saturated rings. The van der Waals surface area contributed by atoms with Crippen LogP contribution >= 0.6 is 0 Å². The van der Waals surface area contributed by atoms with Gasteiger partial charge in [-0.1, -0.05) is 13.8 Å². The average molecular weight is 343 g/mol. The number of aryl methyl sites for hydroxylation is 1. The van der Waals surface area contributed by atoms with Gasteiger partial charge >= 0.3 is 0 Å². The van der Waals surface area contributed by atoms with E-state index in [0.717, 1.165) is 35.6 Å². The Kier molecular flexibility index (Phi) is 9.90. The van der Waals surface area contributed by atoms with Crippen molar-refractivity contribution in [3.8, 4) is 5.75 Å². The van der Waals surface area contributed by atoms with Gasteiger partial charge in [-0.2, -0.15) is 0 Å². The SMILES string of the molecule is CC.CC(=Nc1cccnc1C)OCC1CC1.COc1cccnc1. The zero-order valence-electron chi connectivity index (χ0n) is 15.9. The van der Waals surface area contributed by atoms with Gasteiger partial charge in [0.05, 0.1) is 31.3 Å². The predicted octanol–water partition coefficient (Wildman–Crippen LogP) is 4.98. The third-order valence-corrected chi connectivity index (χ3v) is 3.35. The van der Waals surface area contributed by atoms with Crippen molar-refractivity contribution < 1.29 is 9.47 Å². The summed E-state index contributed by atoms with van der Waals surface area (Å²) in [6.45, 7) is 8.66. The van der Waals surface area contributed by atoms with Crippen molar-refractivity contribution >= 4 is 11.6 Å². The first-order valence-corrected chi connectivity index (χ1v) is 8.72. The normalized spacial score (nSPS) is 12.9. The molecule has 0 spiro atoms. The fourth-order valence-corrected chi connectivity index (χ4v) is 1.79. The number of aromatic nitrogens is 2. The summed E-state index contributed by atoms with van der Waals surface area (Å²) in [4.78, 5) is 12.4. The third kappa shape index (κ3) is 8.84. The number of hydrogen-bond acceptors (Lipinski definition) is 5. The van der Waals surface area contributed by atoms with Crippen molar-refractivity contribution in [1.82, 2.24) is 9.97 Å². The second kappa shape index (κ2) is 12.0. The van der Waals surface area contributed by atoms with Crippen LogP contribution in [0.2, 0.25) is 0 Å². The standard InChI is InChI=1S/C12H16N2O.C6H7NO.C2H6/c1-9-12(4-3-7-13-9)14-10(2)15-8-11-5-6-11;1-8-6-3-2-4-7-5-6;1-2/h3-4,7,11H,5-6,8H2,1-2H3;2-5H,1H3;1-2H3. The van der Waals surface area contributed by atoms with Crippen LogP contribution in [0.15, 0.2) is 47.8 Å². The van der Waals surface area contributed by atoms with E-state index >= 15 is 0 Å². The summed E-state index contributed by atoms with van der Waals surface area (Å²) < 4.78 is 10.4. The quantitative estimate of drug-likeness (QED) is 0.580. The molecule has 0 aliphatic heterocycles. The van der Waals surface area contributed by atoms with Crippen LogP contribution in [0.5, 0.6) is 5.75 Å². The lowest BCUT2D eigenvalue weighted by molar-refractivity contribution is 0.285. The summed E-state index contributed by atoms with van der Waals surface area (Å²) in [5, 5.41) is 0. The maximum Gasteiger partial charge on any atom is 0.185 e. The number of rotatable bonds is 4. The Hall–Kier alpha value is -2.43. The smallest absolute Gasteiger partial charge is 0.185 e. The van der Waals surface area contributed by atoms with Crippen LogP contribution in [-0.4, -0.2) is 29.6 Å². The van der Waals surface area contributed by atoms with Gasteiger partial charge < -0.3 is 9.47 Å². The molecule has 5 nitrogen and oxygen atoms in total. The van der Waals surface area contributed by atoms with Crippen LogP contribution in [0.4, 0.5) is 5.69 Å². The minimum absolute atomic E-state index is 0.734. The van der Waals surface area contributed by atoms with Crippen molar-refractivity contribution in [1.29, 1.82) is 0 Å². The maximum absolute atomic E-state index is 5.55. The van der Waals surface area contributed by atoms with Gasteiger partial charge in [-0.3, -0.25) is 9.97 Å². The topological polar surface area (TPSA) is 56.6 Å².